The molecule has 21 heavy (non-hydrogen) atoms. The van der Waals surface area contributed by atoms with Gasteiger partial charge in [-0.2, -0.15) is 0 Å². The van der Waals surface area contributed by atoms with Crippen LogP contribution in [0.5, 0.6) is 0 Å². The van der Waals surface area contributed by atoms with Crippen LogP contribution in [0.2, 0.25) is 0 Å². The van der Waals surface area contributed by atoms with E-state index >= 15 is 0 Å². The lowest BCUT2D eigenvalue weighted by Gasteiger charge is -2.18. The number of nitrogens with zero attached hydrogens (tertiary/aromatic N) is 1. The summed E-state index contributed by atoms with van der Waals surface area (Å²) in [5.41, 5.74) is 0.943. The first-order valence-electron chi connectivity index (χ1n) is 6.73. The maximum atomic E-state index is 13.0. The van der Waals surface area contributed by atoms with Crippen molar-refractivity contribution in [2.75, 3.05) is 33.9 Å². The minimum absolute atomic E-state index is 0.0391. The first-order chi connectivity index (χ1) is 9.95. The molecule has 0 aliphatic heterocycles. The number of halogens is 1. The summed E-state index contributed by atoms with van der Waals surface area (Å²) in [7, 11) is 3.14. The van der Waals surface area contributed by atoms with Gasteiger partial charge in [-0.25, -0.2) is 4.39 Å². The third kappa shape index (κ3) is 5.51. The van der Waals surface area contributed by atoms with Gasteiger partial charge in [0, 0.05) is 32.9 Å². The van der Waals surface area contributed by atoms with E-state index < -0.39 is 0 Å². The summed E-state index contributed by atoms with van der Waals surface area (Å²) >= 11 is 0. The standard InChI is InChI=1S/C15H21FN2O3/c1-11-9-12(16)5-6-13(11)15(20)18(2)10-14(19)17-7-4-8-21-3/h5-6,9H,4,7-8,10H2,1-3H3,(H,17,19). The summed E-state index contributed by atoms with van der Waals surface area (Å²) in [6.07, 6.45) is 0.719. The van der Waals surface area contributed by atoms with Crippen LogP contribution in [0.25, 0.3) is 0 Å². The maximum absolute atomic E-state index is 13.0. The van der Waals surface area contributed by atoms with E-state index in [4.69, 9.17) is 4.74 Å². The van der Waals surface area contributed by atoms with E-state index in [0.29, 0.717) is 24.3 Å². The first kappa shape index (κ1) is 17.1. The highest BCUT2D eigenvalue weighted by atomic mass is 19.1. The largest absolute Gasteiger partial charge is 0.385 e. The third-order valence-corrected chi connectivity index (χ3v) is 2.99. The van der Waals surface area contributed by atoms with Crippen molar-refractivity contribution in [1.29, 1.82) is 0 Å². The fraction of sp³-hybridized carbons (Fsp3) is 0.467. The summed E-state index contributed by atoms with van der Waals surface area (Å²) in [4.78, 5) is 25.2. The topological polar surface area (TPSA) is 58.6 Å². The normalized spacial score (nSPS) is 10.3. The fourth-order valence-corrected chi connectivity index (χ4v) is 1.86. The average Bonchev–Trinajstić information content (AvgIpc) is 2.43. The molecule has 0 spiro atoms. The number of methoxy groups -OCH3 is 1. The van der Waals surface area contributed by atoms with Gasteiger partial charge >= 0.3 is 0 Å². The SMILES string of the molecule is COCCCNC(=O)CN(C)C(=O)c1ccc(F)cc1C. The second kappa shape index (κ2) is 8.36. The minimum Gasteiger partial charge on any atom is -0.385 e. The van der Waals surface area contributed by atoms with Gasteiger partial charge in [0.05, 0.1) is 6.54 Å². The molecular weight excluding hydrogens is 275 g/mol. The van der Waals surface area contributed by atoms with Gasteiger partial charge in [0.15, 0.2) is 0 Å². The average molecular weight is 296 g/mol. The van der Waals surface area contributed by atoms with Gasteiger partial charge < -0.3 is 15.0 Å². The van der Waals surface area contributed by atoms with Crippen molar-refractivity contribution < 1.29 is 18.7 Å². The van der Waals surface area contributed by atoms with Gasteiger partial charge in [-0.15, -0.1) is 0 Å². The minimum atomic E-state index is -0.386. The van der Waals surface area contributed by atoms with E-state index in [2.05, 4.69) is 5.32 Å². The molecule has 1 N–H and O–H groups in total. The van der Waals surface area contributed by atoms with Crippen molar-refractivity contribution in [3.8, 4) is 0 Å². The summed E-state index contributed by atoms with van der Waals surface area (Å²) in [6.45, 7) is 2.70. The number of carbonyl (C=O) groups excluding carboxylic acids is 2. The van der Waals surface area contributed by atoms with Crippen LogP contribution in [-0.4, -0.2) is 50.6 Å². The molecule has 0 unspecified atom stereocenters. The second-order valence-corrected chi connectivity index (χ2v) is 4.82. The van der Waals surface area contributed by atoms with Crippen molar-refractivity contribution >= 4 is 11.8 Å². The Hall–Kier alpha value is -1.95. The molecule has 0 heterocycles. The van der Waals surface area contributed by atoms with Crippen LogP contribution in [0.3, 0.4) is 0 Å². The molecule has 5 nitrogen and oxygen atoms in total. The van der Waals surface area contributed by atoms with Crippen molar-refractivity contribution in [3.05, 3.63) is 35.1 Å². The molecule has 0 aromatic heterocycles. The molecule has 0 bridgehead atoms. The highest BCUT2D eigenvalue weighted by molar-refractivity contribution is 5.97. The van der Waals surface area contributed by atoms with Crippen molar-refractivity contribution in [2.24, 2.45) is 0 Å². The van der Waals surface area contributed by atoms with Gasteiger partial charge in [-0.05, 0) is 37.1 Å². The lowest BCUT2D eigenvalue weighted by Crippen LogP contribution is -2.39. The zero-order chi connectivity index (χ0) is 15.8. The van der Waals surface area contributed by atoms with Gasteiger partial charge in [0.25, 0.3) is 5.91 Å². The van der Waals surface area contributed by atoms with E-state index in [0.717, 1.165) is 6.42 Å². The van der Waals surface area contributed by atoms with E-state index in [-0.39, 0.29) is 24.2 Å². The van der Waals surface area contributed by atoms with Crippen molar-refractivity contribution in [2.45, 2.75) is 13.3 Å². The number of carbonyl (C=O) groups is 2. The second-order valence-electron chi connectivity index (χ2n) is 4.82. The number of hydrogen-bond donors (Lipinski definition) is 1. The lowest BCUT2D eigenvalue weighted by atomic mass is 10.1. The Balaban J connectivity index is 2.52. The molecule has 0 aliphatic carbocycles. The molecule has 0 saturated carbocycles. The highest BCUT2D eigenvalue weighted by Crippen LogP contribution is 2.12. The number of nitrogens with one attached hydrogen (secondary N) is 1. The number of benzene rings is 1. The van der Waals surface area contributed by atoms with Gasteiger partial charge in [-0.1, -0.05) is 0 Å². The van der Waals surface area contributed by atoms with Crippen LogP contribution in [0.1, 0.15) is 22.3 Å². The number of amides is 2. The quantitative estimate of drug-likeness (QED) is 0.773. The molecule has 116 valence electrons. The van der Waals surface area contributed by atoms with Crippen molar-refractivity contribution in [1.82, 2.24) is 10.2 Å². The predicted octanol–water partition coefficient (Wildman–Crippen LogP) is 1.36. The molecular formula is C15H21FN2O3. The Morgan fingerprint density at radius 1 is 1.38 bits per heavy atom. The summed E-state index contributed by atoms with van der Waals surface area (Å²) in [6, 6.07) is 3.96. The Bertz CT molecular complexity index is 506. The van der Waals surface area contributed by atoms with E-state index in [9.17, 15) is 14.0 Å². The maximum Gasteiger partial charge on any atom is 0.254 e. The van der Waals surface area contributed by atoms with Crippen LogP contribution in [-0.2, 0) is 9.53 Å². The smallest absolute Gasteiger partial charge is 0.254 e. The number of likely N-dealkylation sites (N-methyl/N-ethyl adjacent to an activating group) is 1. The molecule has 1 rings (SSSR count). The van der Waals surface area contributed by atoms with Crippen LogP contribution < -0.4 is 5.32 Å². The molecule has 0 atom stereocenters. The molecule has 2 amide bonds. The Labute approximate surface area is 124 Å². The van der Waals surface area contributed by atoms with Crippen molar-refractivity contribution in [3.63, 3.8) is 0 Å². The van der Waals surface area contributed by atoms with Gasteiger partial charge in [-0.3, -0.25) is 9.59 Å². The van der Waals surface area contributed by atoms with Gasteiger partial charge in [0.2, 0.25) is 5.91 Å². The van der Waals surface area contributed by atoms with Crippen LogP contribution >= 0.6 is 0 Å². The Kier molecular flexibility index (Phi) is 6.81. The van der Waals surface area contributed by atoms with Crippen LogP contribution in [0.4, 0.5) is 4.39 Å². The predicted molar refractivity (Wildman–Crippen MR) is 77.6 cm³/mol. The lowest BCUT2D eigenvalue weighted by molar-refractivity contribution is -0.121. The molecule has 0 aliphatic rings. The number of rotatable bonds is 7. The first-order valence-corrected chi connectivity index (χ1v) is 6.73. The highest BCUT2D eigenvalue weighted by Gasteiger charge is 2.16. The zero-order valence-corrected chi connectivity index (χ0v) is 12.6. The molecule has 6 heteroatoms. The molecule has 0 saturated heterocycles. The molecule has 0 fully saturated rings. The van der Waals surface area contributed by atoms with E-state index in [1.807, 2.05) is 0 Å². The van der Waals surface area contributed by atoms with Crippen LogP contribution in [0, 0.1) is 12.7 Å². The summed E-state index contributed by atoms with van der Waals surface area (Å²) < 4.78 is 17.9. The summed E-state index contributed by atoms with van der Waals surface area (Å²) in [5, 5.41) is 2.71. The third-order valence-electron chi connectivity index (χ3n) is 2.99. The molecule has 0 radical (unpaired) electrons. The summed E-state index contributed by atoms with van der Waals surface area (Å²) in [5.74, 6) is -0.927. The number of aryl methyl sites for hydroxylation is 1. The zero-order valence-electron chi connectivity index (χ0n) is 12.6. The number of hydrogen-bond acceptors (Lipinski definition) is 3. The fourth-order valence-electron chi connectivity index (χ4n) is 1.86. The number of ether oxygens (including phenoxy) is 1. The Morgan fingerprint density at radius 2 is 2.10 bits per heavy atom. The molecule has 1 aromatic rings. The molecule has 1 aromatic carbocycles. The Morgan fingerprint density at radius 3 is 2.71 bits per heavy atom. The van der Waals surface area contributed by atoms with E-state index in [1.54, 1.807) is 21.1 Å². The monoisotopic (exact) mass is 296 g/mol. The van der Waals surface area contributed by atoms with Crippen LogP contribution in [0.15, 0.2) is 18.2 Å². The van der Waals surface area contributed by atoms with Gasteiger partial charge in [0.1, 0.15) is 5.82 Å². The van der Waals surface area contributed by atoms with E-state index in [1.165, 1.54) is 23.1 Å².